The molecule has 2 aromatic carbocycles. The van der Waals surface area contributed by atoms with Crippen LogP contribution in [0.15, 0.2) is 42.5 Å². The summed E-state index contributed by atoms with van der Waals surface area (Å²) in [7, 11) is 2.81. The van der Waals surface area contributed by atoms with Gasteiger partial charge in [0.05, 0.1) is 33.5 Å². The summed E-state index contributed by atoms with van der Waals surface area (Å²) in [5.41, 5.74) is 1.11. The average Bonchev–Trinajstić information content (AvgIpc) is 3.04. The molecule has 0 aromatic heterocycles. The fraction of sp³-hybridized carbons (Fsp3) is 0.516. The van der Waals surface area contributed by atoms with Crippen LogP contribution in [0.25, 0.3) is 6.08 Å². The van der Waals surface area contributed by atoms with Gasteiger partial charge >= 0.3 is 5.97 Å². The number of carbonyl (C=O) groups excluding carboxylic acids is 1. The van der Waals surface area contributed by atoms with Crippen LogP contribution in [0.5, 0.6) is 23.0 Å². The van der Waals surface area contributed by atoms with Crippen molar-refractivity contribution in [2.45, 2.75) is 74.8 Å². The Balaban J connectivity index is 1.52. The van der Waals surface area contributed by atoms with E-state index in [2.05, 4.69) is 0 Å². The quantitative estimate of drug-likeness (QED) is 0.114. The van der Waals surface area contributed by atoms with E-state index in [9.17, 15) is 40.5 Å². The number of phenolic OH excluding ortho intramolecular Hbond substituents is 2. The third-order valence-electron chi connectivity index (χ3n) is 7.68. The standard InChI is InChI=1S/C31H40O15/c1-15-24(36)25(37)26(38)31(43-15)46-29-27(39)30(42-11-10-17-5-8-21(41-3)19(34)13-17)44-22(14-32)28(29)45-23(35)9-6-16-4-7-20(40-2)18(33)12-16/h4-9,12-13,15,22,24-34,36-39H,10-11,14H2,1-3H3/b9-6+/t15-,22-,24-,25+,26+,27-,28-,29-,30-,31+/m1/s1. The number of hydrogen-bond donors (Lipinski definition) is 7. The Morgan fingerprint density at radius 3 is 2.15 bits per heavy atom. The largest absolute Gasteiger partial charge is 0.504 e. The third kappa shape index (κ3) is 8.25. The van der Waals surface area contributed by atoms with E-state index in [4.69, 9.17) is 33.2 Å². The Bertz CT molecular complexity index is 1340. The molecular formula is C31H40O15. The van der Waals surface area contributed by atoms with Crippen molar-refractivity contribution >= 4 is 12.0 Å². The fourth-order valence-electron chi connectivity index (χ4n) is 5.09. The molecule has 2 aliphatic heterocycles. The maximum atomic E-state index is 12.9. The van der Waals surface area contributed by atoms with Crippen molar-refractivity contribution in [2.75, 3.05) is 27.4 Å². The van der Waals surface area contributed by atoms with Crippen LogP contribution in [0.4, 0.5) is 0 Å². The molecular weight excluding hydrogens is 612 g/mol. The first kappa shape index (κ1) is 35.3. The van der Waals surface area contributed by atoms with Crippen molar-refractivity contribution < 1.29 is 73.7 Å². The molecule has 254 valence electrons. The highest BCUT2D eigenvalue weighted by Crippen LogP contribution is 2.32. The van der Waals surface area contributed by atoms with Gasteiger partial charge in [-0.2, -0.15) is 0 Å². The van der Waals surface area contributed by atoms with Gasteiger partial charge in [0, 0.05) is 6.08 Å². The Hall–Kier alpha value is -3.51. The van der Waals surface area contributed by atoms with Crippen molar-refractivity contribution in [1.82, 2.24) is 0 Å². The van der Waals surface area contributed by atoms with Gasteiger partial charge in [-0.25, -0.2) is 4.79 Å². The lowest BCUT2D eigenvalue weighted by Crippen LogP contribution is -2.65. The number of aromatic hydroxyl groups is 2. The molecule has 0 radical (unpaired) electrons. The zero-order chi connectivity index (χ0) is 33.5. The molecule has 0 bridgehead atoms. The summed E-state index contributed by atoms with van der Waals surface area (Å²) in [5, 5.41) is 72.5. The summed E-state index contributed by atoms with van der Waals surface area (Å²) in [5.74, 6) is -0.637. The molecule has 4 rings (SSSR count). The van der Waals surface area contributed by atoms with E-state index in [0.717, 1.165) is 6.08 Å². The number of rotatable bonds is 12. The second-order valence-corrected chi connectivity index (χ2v) is 10.8. The average molecular weight is 653 g/mol. The van der Waals surface area contributed by atoms with Gasteiger partial charge in [0.25, 0.3) is 0 Å². The predicted octanol–water partition coefficient (Wildman–Crippen LogP) is -0.410. The Morgan fingerprint density at radius 2 is 1.52 bits per heavy atom. The number of methoxy groups -OCH3 is 2. The number of phenols is 2. The number of benzene rings is 2. The lowest BCUT2D eigenvalue weighted by molar-refractivity contribution is -0.357. The minimum atomic E-state index is -1.75. The maximum Gasteiger partial charge on any atom is 0.331 e. The minimum absolute atomic E-state index is 0.0231. The highest BCUT2D eigenvalue weighted by Gasteiger charge is 2.52. The summed E-state index contributed by atoms with van der Waals surface area (Å²) in [4.78, 5) is 12.9. The van der Waals surface area contributed by atoms with Crippen LogP contribution in [0.1, 0.15) is 18.1 Å². The van der Waals surface area contributed by atoms with Crippen LogP contribution in [0.3, 0.4) is 0 Å². The summed E-state index contributed by atoms with van der Waals surface area (Å²) in [6.45, 7) is 0.707. The smallest absolute Gasteiger partial charge is 0.331 e. The highest BCUT2D eigenvalue weighted by atomic mass is 16.7. The van der Waals surface area contributed by atoms with Crippen LogP contribution in [0, 0.1) is 0 Å². The van der Waals surface area contributed by atoms with Gasteiger partial charge in [-0.05, 0) is 54.8 Å². The predicted molar refractivity (Wildman–Crippen MR) is 157 cm³/mol. The third-order valence-corrected chi connectivity index (χ3v) is 7.68. The molecule has 0 aliphatic carbocycles. The maximum absolute atomic E-state index is 12.9. The Labute approximate surface area is 264 Å². The second-order valence-electron chi connectivity index (χ2n) is 10.8. The molecule has 0 amide bonds. The van der Waals surface area contributed by atoms with E-state index < -0.39 is 74.0 Å². The second kappa shape index (κ2) is 15.9. The minimum Gasteiger partial charge on any atom is -0.504 e. The topological polar surface area (TPSA) is 223 Å². The van der Waals surface area contributed by atoms with E-state index >= 15 is 0 Å². The molecule has 2 saturated heterocycles. The van der Waals surface area contributed by atoms with Crippen molar-refractivity contribution in [1.29, 1.82) is 0 Å². The normalized spacial score (nSPS) is 31.5. The fourth-order valence-corrected chi connectivity index (χ4v) is 5.09. The van der Waals surface area contributed by atoms with Gasteiger partial charge < -0.3 is 68.9 Å². The molecule has 0 unspecified atom stereocenters. The number of esters is 1. The number of ether oxygens (including phenoxy) is 7. The van der Waals surface area contributed by atoms with E-state index in [1.54, 1.807) is 18.2 Å². The molecule has 15 heteroatoms. The molecule has 2 fully saturated rings. The Morgan fingerprint density at radius 1 is 0.848 bits per heavy atom. The van der Waals surface area contributed by atoms with E-state index in [1.807, 2.05) is 0 Å². The SMILES string of the molecule is COc1ccc(/C=C/C(=O)O[C@H]2[C@H](O[C@@H]3O[C@H](C)[C@@H](O)[C@H](O)[C@@H]3O)[C@@H](O)[C@H](OCCc3ccc(OC)c(O)c3)O[C@@H]2CO)cc1O. The summed E-state index contributed by atoms with van der Waals surface area (Å²) >= 11 is 0. The molecule has 7 N–H and O–H groups in total. The van der Waals surface area contributed by atoms with Gasteiger partial charge in [-0.3, -0.25) is 0 Å². The van der Waals surface area contributed by atoms with Gasteiger partial charge in [-0.15, -0.1) is 0 Å². The van der Waals surface area contributed by atoms with Gasteiger partial charge in [0.15, 0.2) is 41.7 Å². The highest BCUT2D eigenvalue weighted by molar-refractivity contribution is 5.87. The molecule has 0 saturated carbocycles. The lowest BCUT2D eigenvalue weighted by atomic mass is 9.97. The van der Waals surface area contributed by atoms with Crippen LogP contribution in [-0.4, -0.2) is 131 Å². The first-order chi connectivity index (χ1) is 22.0. The molecule has 2 heterocycles. The number of aliphatic hydroxyl groups is 5. The molecule has 2 aromatic rings. The first-order valence-corrected chi connectivity index (χ1v) is 14.5. The van der Waals surface area contributed by atoms with Crippen molar-refractivity contribution in [2.24, 2.45) is 0 Å². The van der Waals surface area contributed by atoms with Crippen LogP contribution in [-0.2, 0) is 34.9 Å². The van der Waals surface area contributed by atoms with Crippen molar-refractivity contribution in [3.05, 3.63) is 53.6 Å². The number of aliphatic hydroxyl groups excluding tert-OH is 5. The molecule has 10 atom stereocenters. The van der Waals surface area contributed by atoms with Gasteiger partial charge in [-0.1, -0.05) is 12.1 Å². The zero-order valence-corrected chi connectivity index (χ0v) is 25.4. The van der Waals surface area contributed by atoms with Gasteiger partial charge in [0.2, 0.25) is 0 Å². The summed E-state index contributed by atoms with van der Waals surface area (Å²) in [6.07, 6.45) is -12.1. The van der Waals surface area contributed by atoms with Crippen LogP contribution < -0.4 is 9.47 Å². The van der Waals surface area contributed by atoms with E-state index in [0.29, 0.717) is 11.1 Å². The zero-order valence-electron chi connectivity index (χ0n) is 25.4. The number of carbonyl (C=O) groups is 1. The van der Waals surface area contributed by atoms with E-state index in [-0.39, 0.29) is 36.0 Å². The summed E-state index contributed by atoms with van der Waals surface area (Å²) < 4.78 is 38.5. The molecule has 0 spiro atoms. The van der Waals surface area contributed by atoms with Crippen molar-refractivity contribution in [3.63, 3.8) is 0 Å². The molecule has 46 heavy (non-hydrogen) atoms. The summed E-state index contributed by atoms with van der Waals surface area (Å²) in [6, 6.07) is 9.21. The van der Waals surface area contributed by atoms with Crippen LogP contribution >= 0.6 is 0 Å². The number of hydrogen-bond acceptors (Lipinski definition) is 15. The first-order valence-electron chi connectivity index (χ1n) is 14.5. The molecule has 2 aliphatic rings. The van der Waals surface area contributed by atoms with Crippen LogP contribution in [0.2, 0.25) is 0 Å². The van der Waals surface area contributed by atoms with Gasteiger partial charge in [0.1, 0.15) is 36.6 Å². The van der Waals surface area contributed by atoms with E-state index in [1.165, 1.54) is 45.4 Å². The van der Waals surface area contributed by atoms with Crippen molar-refractivity contribution in [3.8, 4) is 23.0 Å². The molecule has 15 nitrogen and oxygen atoms in total. The monoisotopic (exact) mass is 652 g/mol. The Kier molecular flexibility index (Phi) is 12.2. The lowest BCUT2D eigenvalue weighted by Gasteiger charge is -2.46.